The van der Waals surface area contributed by atoms with Crippen molar-refractivity contribution in [2.75, 3.05) is 19.6 Å². The van der Waals surface area contributed by atoms with Crippen LogP contribution in [0.5, 0.6) is 0 Å². The van der Waals surface area contributed by atoms with Gasteiger partial charge in [0.25, 0.3) is 5.91 Å². The molecular formula is C23H29N3O3. The number of likely N-dealkylation sites (tertiary alicyclic amines) is 1. The number of benzene rings is 1. The summed E-state index contributed by atoms with van der Waals surface area (Å²) in [6, 6.07) is 6.87. The van der Waals surface area contributed by atoms with Gasteiger partial charge in [-0.3, -0.25) is 14.4 Å². The Balaban J connectivity index is 1.26. The molecule has 1 N–H and O–H groups in total. The van der Waals surface area contributed by atoms with E-state index in [-0.39, 0.29) is 30.3 Å². The minimum Gasteiger partial charge on any atom is -0.345 e. The van der Waals surface area contributed by atoms with Crippen molar-refractivity contribution >= 4 is 17.7 Å². The Morgan fingerprint density at radius 2 is 1.93 bits per heavy atom. The molecule has 6 heteroatoms. The Bertz CT molecular complexity index is 859. The normalized spacial score (nSPS) is 27.6. The third-order valence-corrected chi connectivity index (χ3v) is 7.69. The average molecular weight is 396 g/mol. The van der Waals surface area contributed by atoms with Crippen molar-refractivity contribution in [3.8, 4) is 0 Å². The predicted octanol–water partition coefficient (Wildman–Crippen LogP) is 2.50. The third-order valence-electron chi connectivity index (χ3n) is 7.69. The summed E-state index contributed by atoms with van der Waals surface area (Å²) in [6.45, 7) is 3.91. The van der Waals surface area contributed by atoms with Gasteiger partial charge in [0.2, 0.25) is 11.8 Å². The first-order valence-electron chi connectivity index (χ1n) is 11.0. The molecule has 2 atom stereocenters. The number of piperidine rings is 1. The quantitative estimate of drug-likeness (QED) is 0.852. The molecule has 2 heterocycles. The zero-order chi connectivity index (χ0) is 20.2. The molecule has 2 aliphatic carbocycles. The second kappa shape index (κ2) is 6.85. The van der Waals surface area contributed by atoms with Crippen molar-refractivity contribution in [2.45, 2.75) is 57.5 Å². The van der Waals surface area contributed by atoms with Gasteiger partial charge < -0.3 is 15.1 Å². The number of rotatable bonds is 4. The van der Waals surface area contributed by atoms with Gasteiger partial charge in [-0.1, -0.05) is 31.5 Å². The van der Waals surface area contributed by atoms with E-state index in [4.69, 9.17) is 0 Å². The minimum absolute atomic E-state index is 0.00731. The van der Waals surface area contributed by atoms with Crippen LogP contribution in [-0.4, -0.2) is 53.2 Å². The monoisotopic (exact) mass is 395 g/mol. The van der Waals surface area contributed by atoms with E-state index in [2.05, 4.69) is 12.2 Å². The molecule has 4 aliphatic rings. The first-order chi connectivity index (χ1) is 14.0. The second-order valence-electron chi connectivity index (χ2n) is 9.37. The summed E-state index contributed by atoms with van der Waals surface area (Å²) in [6.07, 6.45) is 6.60. The Hall–Kier alpha value is -2.37. The van der Waals surface area contributed by atoms with Crippen LogP contribution in [-0.2, 0) is 9.59 Å². The number of carbonyl (C=O) groups excluding carboxylic acids is 3. The van der Waals surface area contributed by atoms with E-state index in [0.717, 1.165) is 37.9 Å². The lowest BCUT2D eigenvalue weighted by Crippen LogP contribution is -2.55. The van der Waals surface area contributed by atoms with Crippen LogP contribution in [0.4, 0.5) is 0 Å². The number of amides is 3. The largest absolute Gasteiger partial charge is 0.345 e. The van der Waals surface area contributed by atoms with Crippen LogP contribution in [0.2, 0.25) is 0 Å². The van der Waals surface area contributed by atoms with Crippen LogP contribution >= 0.6 is 0 Å². The molecule has 6 nitrogen and oxygen atoms in total. The van der Waals surface area contributed by atoms with Gasteiger partial charge in [-0.15, -0.1) is 0 Å². The van der Waals surface area contributed by atoms with Crippen LogP contribution in [0.1, 0.15) is 67.4 Å². The second-order valence-corrected chi connectivity index (χ2v) is 9.37. The molecule has 154 valence electrons. The van der Waals surface area contributed by atoms with Crippen molar-refractivity contribution in [1.82, 2.24) is 15.1 Å². The number of nitrogens with one attached hydrogen (secondary N) is 1. The molecular weight excluding hydrogens is 366 g/mol. The van der Waals surface area contributed by atoms with Gasteiger partial charge in [-0.25, -0.2) is 0 Å². The number of hydrogen-bond acceptors (Lipinski definition) is 3. The van der Waals surface area contributed by atoms with Crippen molar-refractivity contribution in [1.29, 1.82) is 0 Å². The Kier molecular flexibility index (Phi) is 4.41. The van der Waals surface area contributed by atoms with E-state index in [0.29, 0.717) is 16.9 Å². The maximum atomic E-state index is 13.1. The Labute approximate surface area is 171 Å². The van der Waals surface area contributed by atoms with Gasteiger partial charge in [-0.05, 0) is 55.1 Å². The van der Waals surface area contributed by atoms with Gasteiger partial charge in [0.15, 0.2) is 0 Å². The third kappa shape index (κ3) is 3.04. The van der Waals surface area contributed by atoms with Crippen molar-refractivity contribution in [3.63, 3.8) is 0 Å². The number of fused-ring (bicyclic) bond motifs is 1. The maximum Gasteiger partial charge on any atom is 0.255 e. The first kappa shape index (κ1) is 18.6. The highest BCUT2D eigenvalue weighted by Crippen LogP contribution is 2.50. The Morgan fingerprint density at radius 3 is 2.62 bits per heavy atom. The lowest BCUT2D eigenvalue weighted by atomic mass is 9.59. The van der Waals surface area contributed by atoms with Crippen LogP contribution in [0.25, 0.3) is 0 Å². The van der Waals surface area contributed by atoms with Gasteiger partial charge in [0.05, 0.1) is 6.54 Å². The standard InChI is InChI=1S/C23H29N3O3/c1-15-9-12-25(14-23(15)10-4-11-23)19(27)13-24-21(28)20-17-5-2-3-6-18(17)22(29)26(20)16-7-8-16/h2-3,5-6,15-16,20H,4,7-14H2,1H3,(H,24,28)/t15-,20-/m0/s1. The zero-order valence-electron chi connectivity index (χ0n) is 17.0. The van der Waals surface area contributed by atoms with E-state index in [1.807, 2.05) is 23.1 Å². The molecule has 29 heavy (non-hydrogen) atoms. The lowest BCUT2D eigenvalue weighted by Gasteiger charge is -2.53. The molecule has 3 amide bonds. The summed E-state index contributed by atoms with van der Waals surface area (Å²) in [7, 11) is 0. The SMILES string of the molecule is C[C@H]1CCN(C(=O)CNC(=O)[C@@H]2c3ccccc3C(=O)N2C2CC2)CC12CCC2. The number of nitrogens with zero attached hydrogens (tertiary/aromatic N) is 2. The molecule has 0 aromatic heterocycles. The van der Waals surface area contributed by atoms with E-state index in [1.54, 1.807) is 11.0 Å². The van der Waals surface area contributed by atoms with Gasteiger partial charge >= 0.3 is 0 Å². The van der Waals surface area contributed by atoms with Crippen molar-refractivity contribution < 1.29 is 14.4 Å². The van der Waals surface area contributed by atoms with Crippen LogP contribution in [0.3, 0.4) is 0 Å². The minimum atomic E-state index is -0.613. The molecule has 1 spiro atoms. The molecule has 2 saturated carbocycles. The molecule has 5 rings (SSSR count). The fourth-order valence-corrected chi connectivity index (χ4v) is 5.47. The molecule has 0 unspecified atom stereocenters. The zero-order valence-corrected chi connectivity index (χ0v) is 17.0. The molecule has 1 saturated heterocycles. The first-order valence-corrected chi connectivity index (χ1v) is 11.0. The van der Waals surface area contributed by atoms with Gasteiger partial charge in [0.1, 0.15) is 6.04 Å². The smallest absolute Gasteiger partial charge is 0.255 e. The van der Waals surface area contributed by atoms with E-state index >= 15 is 0 Å². The fraction of sp³-hybridized carbons (Fsp3) is 0.609. The summed E-state index contributed by atoms with van der Waals surface area (Å²) >= 11 is 0. The maximum absolute atomic E-state index is 13.1. The van der Waals surface area contributed by atoms with Crippen molar-refractivity contribution in [2.24, 2.45) is 11.3 Å². The van der Waals surface area contributed by atoms with E-state index < -0.39 is 6.04 Å². The fourth-order valence-electron chi connectivity index (χ4n) is 5.47. The van der Waals surface area contributed by atoms with E-state index in [1.165, 1.54) is 19.3 Å². The number of hydrogen-bond donors (Lipinski definition) is 1. The highest BCUT2D eigenvalue weighted by atomic mass is 16.2. The molecule has 0 bridgehead atoms. The van der Waals surface area contributed by atoms with Gasteiger partial charge in [0, 0.05) is 24.7 Å². The van der Waals surface area contributed by atoms with E-state index in [9.17, 15) is 14.4 Å². The van der Waals surface area contributed by atoms with Gasteiger partial charge in [-0.2, -0.15) is 0 Å². The average Bonchev–Trinajstić information content (AvgIpc) is 3.49. The molecule has 2 aliphatic heterocycles. The topological polar surface area (TPSA) is 69.7 Å². The molecule has 0 radical (unpaired) electrons. The predicted molar refractivity (Wildman–Crippen MR) is 108 cm³/mol. The van der Waals surface area contributed by atoms with Crippen LogP contribution < -0.4 is 5.32 Å². The Morgan fingerprint density at radius 1 is 1.17 bits per heavy atom. The van der Waals surface area contributed by atoms with Crippen LogP contribution in [0.15, 0.2) is 24.3 Å². The summed E-state index contributed by atoms with van der Waals surface area (Å²) in [5, 5.41) is 2.85. The highest BCUT2D eigenvalue weighted by molar-refractivity contribution is 6.05. The number of carbonyl (C=O) groups is 3. The lowest BCUT2D eigenvalue weighted by molar-refractivity contribution is -0.140. The van der Waals surface area contributed by atoms with Crippen LogP contribution in [0, 0.1) is 11.3 Å². The summed E-state index contributed by atoms with van der Waals surface area (Å²) < 4.78 is 0. The summed E-state index contributed by atoms with van der Waals surface area (Å²) in [4.78, 5) is 42.3. The molecule has 3 fully saturated rings. The summed E-state index contributed by atoms with van der Waals surface area (Å²) in [5.41, 5.74) is 1.68. The highest BCUT2D eigenvalue weighted by Gasteiger charge is 2.48. The van der Waals surface area contributed by atoms with Crippen molar-refractivity contribution in [3.05, 3.63) is 35.4 Å². The summed E-state index contributed by atoms with van der Waals surface area (Å²) in [5.74, 6) is 0.355. The molecule has 1 aromatic rings. The molecule has 1 aromatic carbocycles.